The number of ketones is 1. The molecule has 1 aliphatic rings. The average Bonchev–Trinajstić information content (AvgIpc) is 2.87. The summed E-state index contributed by atoms with van der Waals surface area (Å²) < 4.78 is 24.7. The second-order valence-corrected chi connectivity index (χ2v) is 9.30. The lowest BCUT2D eigenvalue weighted by molar-refractivity contribution is 0.102. The number of Topliss-reactive ketones (excluding diaryl/α,β-unsaturated/α-hetero) is 1. The van der Waals surface area contributed by atoms with E-state index in [1.165, 1.54) is 11.3 Å². The molecule has 1 saturated carbocycles. The molecule has 1 aromatic rings. The van der Waals surface area contributed by atoms with E-state index in [1.54, 1.807) is 12.1 Å². The van der Waals surface area contributed by atoms with Crippen molar-refractivity contribution in [2.75, 3.05) is 11.5 Å². The Hall–Kier alpha value is -0.200. The van der Waals surface area contributed by atoms with Gasteiger partial charge >= 0.3 is 0 Å². The molecule has 18 heavy (non-hydrogen) atoms. The Morgan fingerprint density at radius 2 is 2.00 bits per heavy atom. The van der Waals surface area contributed by atoms with Gasteiger partial charge in [0, 0.05) is 0 Å². The summed E-state index contributed by atoms with van der Waals surface area (Å²) in [6, 6.07) is 3.43. The van der Waals surface area contributed by atoms with E-state index in [0.29, 0.717) is 4.88 Å². The maximum Gasteiger partial charge on any atom is 0.187 e. The molecule has 3 nitrogen and oxygen atoms in total. The van der Waals surface area contributed by atoms with Gasteiger partial charge in [0.05, 0.1) is 14.4 Å². The fraction of sp³-hybridized carbons (Fsp3) is 0.583. The molecular weight excluding hydrogens is 336 g/mol. The van der Waals surface area contributed by atoms with E-state index in [4.69, 9.17) is 0 Å². The summed E-state index contributed by atoms with van der Waals surface area (Å²) >= 11 is 4.55. The van der Waals surface area contributed by atoms with E-state index < -0.39 is 9.84 Å². The van der Waals surface area contributed by atoms with Crippen LogP contribution in [0.2, 0.25) is 0 Å². The van der Waals surface area contributed by atoms with Crippen LogP contribution in [0.4, 0.5) is 0 Å². The smallest absolute Gasteiger partial charge is 0.187 e. The summed E-state index contributed by atoms with van der Waals surface area (Å²) in [5.74, 6) is -0.205. The standard InChI is InChI=1S/C12H15BrO3S2/c13-12-6-5-11(17-12)10(14)8-18(15,16)7-9-3-1-2-4-9/h5-6,9H,1-4,7-8H2. The van der Waals surface area contributed by atoms with Gasteiger partial charge in [-0.3, -0.25) is 4.79 Å². The molecule has 1 aromatic heterocycles. The van der Waals surface area contributed by atoms with E-state index in [1.807, 2.05) is 0 Å². The lowest BCUT2D eigenvalue weighted by Crippen LogP contribution is -2.22. The zero-order valence-electron chi connectivity index (χ0n) is 9.89. The van der Waals surface area contributed by atoms with Crippen molar-refractivity contribution in [1.82, 2.24) is 0 Å². The molecule has 0 unspecified atom stereocenters. The van der Waals surface area contributed by atoms with Crippen LogP contribution in [0, 0.1) is 5.92 Å². The Balaban J connectivity index is 1.97. The largest absolute Gasteiger partial charge is 0.292 e. The van der Waals surface area contributed by atoms with Gasteiger partial charge in [-0.25, -0.2) is 8.42 Å². The average molecular weight is 351 g/mol. The van der Waals surface area contributed by atoms with Gasteiger partial charge in [-0.05, 0) is 46.8 Å². The summed E-state index contributed by atoms with van der Waals surface area (Å²) in [7, 11) is -3.26. The molecule has 1 aliphatic carbocycles. The Morgan fingerprint density at radius 3 is 2.56 bits per heavy atom. The van der Waals surface area contributed by atoms with Gasteiger partial charge in [-0.15, -0.1) is 11.3 Å². The van der Waals surface area contributed by atoms with Gasteiger partial charge in [0.15, 0.2) is 15.6 Å². The second kappa shape index (κ2) is 5.84. The van der Waals surface area contributed by atoms with Crippen LogP contribution in [0.5, 0.6) is 0 Å². The van der Waals surface area contributed by atoms with E-state index >= 15 is 0 Å². The number of rotatable bonds is 5. The fourth-order valence-electron chi connectivity index (χ4n) is 2.33. The lowest BCUT2D eigenvalue weighted by Gasteiger charge is -2.08. The van der Waals surface area contributed by atoms with Gasteiger partial charge in [0.25, 0.3) is 0 Å². The third kappa shape index (κ3) is 3.90. The molecule has 0 spiro atoms. The SMILES string of the molecule is O=C(CS(=O)(=O)CC1CCCC1)c1ccc(Br)s1. The van der Waals surface area contributed by atoms with Crippen LogP contribution in [-0.4, -0.2) is 25.7 Å². The molecule has 1 heterocycles. The van der Waals surface area contributed by atoms with Crippen molar-refractivity contribution in [2.24, 2.45) is 5.92 Å². The van der Waals surface area contributed by atoms with E-state index in [-0.39, 0.29) is 23.2 Å². The molecule has 0 bridgehead atoms. The normalized spacial score (nSPS) is 17.2. The third-order valence-electron chi connectivity index (χ3n) is 3.16. The fourth-order valence-corrected chi connectivity index (χ4v) is 5.47. The molecule has 1 fully saturated rings. The van der Waals surface area contributed by atoms with Crippen molar-refractivity contribution in [3.8, 4) is 0 Å². The lowest BCUT2D eigenvalue weighted by atomic mass is 10.1. The molecule has 0 aromatic carbocycles. The highest BCUT2D eigenvalue weighted by Gasteiger charge is 2.25. The topological polar surface area (TPSA) is 51.2 Å². The summed E-state index contributed by atoms with van der Waals surface area (Å²) in [6.07, 6.45) is 4.20. The van der Waals surface area contributed by atoms with Crippen LogP contribution >= 0.6 is 27.3 Å². The molecule has 0 amide bonds. The number of sulfone groups is 1. The van der Waals surface area contributed by atoms with Gasteiger partial charge in [-0.2, -0.15) is 0 Å². The maximum absolute atomic E-state index is 11.9. The monoisotopic (exact) mass is 350 g/mol. The molecule has 6 heteroatoms. The van der Waals surface area contributed by atoms with Crippen LogP contribution < -0.4 is 0 Å². The summed E-state index contributed by atoms with van der Waals surface area (Å²) in [5, 5.41) is 0. The summed E-state index contributed by atoms with van der Waals surface area (Å²) in [6.45, 7) is 0. The Bertz CT molecular complexity index is 527. The van der Waals surface area contributed by atoms with Crippen molar-refractivity contribution in [3.63, 3.8) is 0 Å². The van der Waals surface area contributed by atoms with Gasteiger partial charge in [-0.1, -0.05) is 12.8 Å². The molecule has 0 saturated heterocycles. The van der Waals surface area contributed by atoms with Crippen LogP contribution in [0.15, 0.2) is 15.9 Å². The summed E-state index contributed by atoms with van der Waals surface area (Å²) in [5.41, 5.74) is 0. The van der Waals surface area contributed by atoms with E-state index in [9.17, 15) is 13.2 Å². The Labute approximate surface area is 120 Å². The minimum absolute atomic E-state index is 0.172. The first-order chi connectivity index (χ1) is 8.46. The van der Waals surface area contributed by atoms with Crippen molar-refractivity contribution in [1.29, 1.82) is 0 Å². The van der Waals surface area contributed by atoms with Crippen LogP contribution in [0.1, 0.15) is 35.4 Å². The maximum atomic E-state index is 11.9. The predicted molar refractivity (Wildman–Crippen MR) is 77.0 cm³/mol. The molecule has 0 N–H and O–H groups in total. The summed E-state index contributed by atoms with van der Waals surface area (Å²) in [4.78, 5) is 12.4. The zero-order chi connectivity index (χ0) is 13.2. The number of hydrogen-bond acceptors (Lipinski definition) is 4. The van der Waals surface area contributed by atoms with Gasteiger partial charge in [0.2, 0.25) is 0 Å². The first kappa shape index (κ1) is 14.2. The van der Waals surface area contributed by atoms with Gasteiger partial charge < -0.3 is 0 Å². The third-order valence-corrected chi connectivity index (χ3v) is 6.51. The minimum Gasteiger partial charge on any atom is -0.292 e. The van der Waals surface area contributed by atoms with Crippen molar-refractivity contribution < 1.29 is 13.2 Å². The van der Waals surface area contributed by atoms with E-state index in [0.717, 1.165) is 29.5 Å². The zero-order valence-corrected chi connectivity index (χ0v) is 13.1. The predicted octanol–water partition coefficient (Wildman–Crippen LogP) is 3.30. The molecule has 100 valence electrons. The molecular formula is C12H15BrO3S2. The van der Waals surface area contributed by atoms with Crippen LogP contribution in [0.25, 0.3) is 0 Å². The molecule has 0 aliphatic heterocycles. The first-order valence-corrected chi connectivity index (χ1v) is 9.38. The van der Waals surface area contributed by atoms with Crippen LogP contribution in [-0.2, 0) is 9.84 Å². The number of hydrogen-bond donors (Lipinski definition) is 0. The number of carbonyl (C=O) groups is 1. The highest BCUT2D eigenvalue weighted by molar-refractivity contribution is 9.11. The van der Waals surface area contributed by atoms with Gasteiger partial charge in [0.1, 0.15) is 5.75 Å². The number of halogens is 1. The van der Waals surface area contributed by atoms with E-state index in [2.05, 4.69) is 15.9 Å². The number of thiophene rings is 1. The quantitative estimate of drug-likeness (QED) is 0.765. The molecule has 2 rings (SSSR count). The highest BCUT2D eigenvalue weighted by atomic mass is 79.9. The highest BCUT2D eigenvalue weighted by Crippen LogP contribution is 2.27. The Kier molecular flexibility index (Phi) is 4.61. The van der Waals surface area contributed by atoms with Crippen LogP contribution in [0.3, 0.4) is 0 Å². The first-order valence-electron chi connectivity index (χ1n) is 5.95. The minimum atomic E-state index is -3.26. The number of carbonyl (C=O) groups excluding carboxylic acids is 1. The van der Waals surface area contributed by atoms with Crippen molar-refractivity contribution >= 4 is 42.9 Å². The second-order valence-electron chi connectivity index (χ2n) is 4.73. The van der Waals surface area contributed by atoms with Crippen molar-refractivity contribution in [3.05, 3.63) is 20.8 Å². The molecule has 0 atom stereocenters. The van der Waals surface area contributed by atoms with Crippen molar-refractivity contribution in [2.45, 2.75) is 25.7 Å². The molecule has 0 radical (unpaired) electrons. The Morgan fingerprint density at radius 1 is 1.33 bits per heavy atom.